The molecule has 2 aromatic rings. The molecule has 0 saturated carbocycles. The van der Waals surface area contributed by atoms with Crippen molar-refractivity contribution in [1.82, 2.24) is 4.90 Å². The summed E-state index contributed by atoms with van der Waals surface area (Å²) in [6.07, 6.45) is 0. The van der Waals surface area contributed by atoms with Crippen LogP contribution in [0, 0.1) is 10.1 Å². The summed E-state index contributed by atoms with van der Waals surface area (Å²) < 4.78 is 5.35. The number of hydrogen-bond acceptors (Lipinski definition) is 5. The number of ether oxygens (including phenoxy) is 1. The second kappa shape index (κ2) is 6.76. The van der Waals surface area contributed by atoms with Crippen LogP contribution in [-0.2, 0) is 11.3 Å². The van der Waals surface area contributed by atoms with Gasteiger partial charge in [0.15, 0.2) is 0 Å². The fourth-order valence-corrected chi connectivity index (χ4v) is 2.72. The molecule has 0 unspecified atom stereocenters. The Morgan fingerprint density at radius 2 is 1.74 bits per heavy atom. The van der Waals surface area contributed by atoms with E-state index in [-0.39, 0.29) is 11.4 Å². The number of hydrogen-bond donors (Lipinski definition) is 1. The third-order valence-electron chi connectivity index (χ3n) is 4.02. The van der Waals surface area contributed by atoms with Crippen LogP contribution in [0.5, 0.6) is 0 Å². The normalized spacial score (nSPS) is 15.5. The molecule has 0 radical (unpaired) electrons. The predicted octanol–water partition coefficient (Wildman–Crippen LogP) is 2.68. The van der Waals surface area contributed by atoms with Crippen LogP contribution in [0.3, 0.4) is 0 Å². The van der Waals surface area contributed by atoms with Gasteiger partial charge in [-0.3, -0.25) is 15.0 Å². The molecular formula is C17H19N3O3. The summed E-state index contributed by atoms with van der Waals surface area (Å²) in [5, 5.41) is 10.8. The first-order valence-electron chi connectivity index (χ1n) is 7.57. The van der Waals surface area contributed by atoms with Gasteiger partial charge < -0.3 is 10.5 Å². The fraction of sp³-hybridized carbons (Fsp3) is 0.294. The van der Waals surface area contributed by atoms with Crippen molar-refractivity contribution in [3.05, 3.63) is 58.1 Å². The Bertz CT molecular complexity index is 695. The summed E-state index contributed by atoms with van der Waals surface area (Å²) in [6.45, 7) is 4.41. The molecule has 2 N–H and O–H groups in total. The Hall–Kier alpha value is -2.44. The maximum atomic E-state index is 10.8. The van der Waals surface area contributed by atoms with Gasteiger partial charge in [-0.1, -0.05) is 24.3 Å². The van der Waals surface area contributed by atoms with Gasteiger partial charge in [0, 0.05) is 25.7 Å². The van der Waals surface area contributed by atoms with Crippen molar-refractivity contribution in [1.29, 1.82) is 0 Å². The molecule has 1 aliphatic heterocycles. The lowest BCUT2D eigenvalue weighted by atomic mass is 10.0. The zero-order valence-electron chi connectivity index (χ0n) is 12.8. The number of nitro groups is 1. The van der Waals surface area contributed by atoms with Crippen molar-refractivity contribution in [2.24, 2.45) is 0 Å². The molecule has 6 heteroatoms. The summed E-state index contributed by atoms with van der Waals surface area (Å²) >= 11 is 0. The lowest BCUT2D eigenvalue weighted by Crippen LogP contribution is -2.35. The Morgan fingerprint density at radius 1 is 1.09 bits per heavy atom. The quantitative estimate of drug-likeness (QED) is 0.533. The number of benzene rings is 2. The number of rotatable bonds is 4. The highest BCUT2D eigenvalue weighted by Crippen LogP contribution is 2.28. The van der Waals surface area contributed by atoms with Gasteiger partial charge in [-0.15, -0.1) is 0 Å². The molecule has 0 spiro atoms. The highest BCUT2D eigenvalue weighted by atomic mass is 16.6. The second-order valence-corrected chi connectivity index (χ2v) is 5.62. The van der Waals surface area contributed by atoms with Gasteiger partial charge in [-0.2, -0.15) is 0 Å². The molecule has 0 bridgehead atoms. The minimum atomic E-state index is -0.468. The number of anilines is 1. The van der Waals surface area contributed by atoms with Crippen LogP contribution < -0.4 is 5.73 Å². The van der Waals surface area contributed by atoms with Crippen LogP contribution in [0.2, 0.25) is 0 Å². The van der Waals surface area contributed by atoms with E-state index in [0.29, 0.717) is 0 Å². The van der Waals surface area contributed by atoms with Crippen LogP contribution in [0.15, 0.2) is 42.5 Å². The van der Waals surface area contributed by atoms with Crippen molar-refractivity contribution in [3.8, 4) is 11.1 Å². The van der Waals surface area contributed by atoms with Gasteiger partial charge in [0.1, 0.15) is 5.69 Å². The third kappa shape index (κ3) is 3.67. The predicted molar refractivity (Wildman–Crippen MR) is 89.0 cm³/mol. The van der Waals surface area contributed by atoms with E-state index in [1.807, 2.05) is 12.1 Å². The lowest BCUT2D eigenvalue weighted by molar-refractivity contribution is -0.383. The zero-order chi connectivity index (χ0) is 16.2. The van der Waals surface area contributed by atoms with Gasteiger partial charge in [-0.05, 0) is 28.8 Å². The number of nitrogens with two attached hydrogens (primary N) is 1. The van der Waals surface area contributed by atoms with Crippen molar-refractivity contribution < 1.29 is 9.66 Å². The molecule has 6 nitrogen and oxygen atoms in total. The second-order valence-electron chi connectivity index (χ2n) is 5.62. The van der Waals surface area contributed by atoms with Gasteiger partial charge in [0.25, 0.3) is 5.69 Å². The fourth-order valence-electron chi connectivity index (χ4n) is 2.72. The Morgan fingerprint density at radius 3 is 2.35 bits per heavy atom. The van der Waals surface area contributed by atoms with Gasteiger partial charge >= 0.3 is 0 Å². The van der Waals surface area contributed by atoms with Crippen molar-refractivity contribution in [3.63, 3.8) is 0 Å². The standard InChI is InChI=1S/C17H19N3O3/c18-16-11-15(5-6-17(16)20(21)22)14-3-1-13(2-4-14)12-19-7-9-23-10-8-19/h1-6,11H,7-10,12,18H2. The number of nitrogen functional groups attached to an aromatic ring is 1. The van der Waals surface area contributed by atoms with E-state index in [1.54, 1.807) is 12.1 Å². The Balaban J connectivity index is 1.74. The topological polar surface area (TPSA) is 81.6 Å². The minimum Gasteiger partial charge on any atom is -0.393 e. The first-order chi connectivity index (χ1) is 11.1. The van der Waals surface area contributed by atoms with Crippen molar-refractivity contribution in [2.75, 3.05) is 32.0 Å². The highest BCUT2D eigenvalue weighted by molar-refractivity contribution is 5.72. The first-order valence-corrected chi connectivity index (χ1v) is 7.57. The Labute approximate surface area is 134 Å². The van der Waals surface area contributed by atoms with E-state index >= 15 is 0 Å². The summed E-state index contributed by atoms with van der Waals surface area (Å²) in [5.41, 5.74) is 9.00. The van der Waals surface area contributed by atoms with E-state index in [0.717, 1.165) is 44.0 Å². The maximum absolute atomic E-state index is 10.8. The van der Waals surface area contributed by atoms with Gasteiger partial charge in [0.2, 0.25) is 0 Å². The largest absolute Gasteiger partial charge is 0.393 e. The average Bonchev–Trinajstić information content (AvgIpc) is 2.56. The van der Waals surface area contributed by atoms with Crippen LogP contribution in [0.25, 0.3) is 11.1 Å². The minimum absolute atomic E-state index is 0.0577. The maximum Gasteiger partial charge on any atom is 0.292 e. The van der Waals surface area contributed by atoms with E-state index in [2.05, 4.69) is 17.0 Å². The molecule has 3 rings (SSSR count). The molecule has 120 valence electrons. The molecule has 1 saturated heterocycles. The third-order valence-corrected chi connectivity index (χ3v) is 4.02. The van der Waals surface area contributed by atoms with E-state index in [4.69, 9.17) is 10.5 Å². The number of nitrogens with zero attached hydrogens (tertiary/aromatic N) is 2. The highest BCUT2D eigenvalue weighted by Gasteiger charge is 2.13. The first kappa shape index (κ1) is 15.5. The van der Waals surface area contributed by atoms with Crippen molar-refractivity contribution >= 4 is 11.4 Å². The molecule has 0 aromatic heterocycles. The van der Waals surface area contributed by atoms with Crippen LogP contribution in [0.1, 0.15) is 5.56 Å². The van der Waals surface area contributed by atoms with E-state index < -0.39 is 4.92 Å². The summed E-state index contributed by atoms with van der Waals surface area (Å²) in [4.78, 5) is 12.7. The average molecular weight is 313 g/mol. The number of nitro benzene ring substituents is 1. The smallest absolute Gasteiger partial charge is 0.292 e. The Kier molecular flexibility index (Phi) is 4.55. The SMILES string of the molecule is Nc1cc(-c2ccc(CN3CCOCC3)cc2)ccc1[N+](=O)[O-]. The summed E-state index contributed by atoms with van der Waals surface area (Å²) in [5.74, 6) is 0. The van der Waals surface area contributed by atoms with Crippen LogP contribution >= 0.6 is 0 Å². The molecule has 23 heavy (non-hydrogen) atoms. The molecule has 1 aliphatic rings. The van der Waals surface area contributed by atoms with E-state index in [1.165, 1.54) is 11.6 Å². The molecule has 1 heterocycles. The zero-order valence-corrected chi connectivity index (χ0v) is 12.8. The molecular weight excluding hydrogens is 294 g/mol. The summed E-state index contributed by atoms with van der Waals surface area (Å²) in [6, 6.07) is 13.0. The van der Waals surface area contributed by atoms with Crippen LogP contribution in [0.4, 0.5) is 11.4 Å². The molecule has 2 aromatic carbocycles. The monoisotopic (exact) mass is 313 g/mol. The molecule has 0 amide bonds. The van der Waals surface area contributed by atoms with Gasteiger partial charge in [-0.25, -0.2) is 0 Å². The molecule has 0 atom stereocenters. The van der Waals surface area contributed by atoms with Crippen LogP contribution in [-0.4, -0.2) is 36.1 Å². The molecule has 0 aliphatic carbocycles. The van der Waals surface area contributed by atoms with Gasteiger partial charge in [0.05, 0.1) is 18.1 Å². The number of morpholine rings is 1. The van der Waals surface area contributed by atoms with E-state index in [9.17, 15) is 10.1 Å². The molecule has 1 fully saturated rings. The lowest BCUT2D eigenvalue weighted by Gasteiger charge is -2.26. The van der Waals surface area contributed by atoms with Crippen molar-refractivity contribution in [2.45, 2.75) is 6.54 Å². The summed E-state index contributed by atoms with van der Waals surface area (Å²) in [7, 11) is 0.